The molecule has 0 aliphatic heterocycles. The van der Waals surface area contributed by atoms with E-state index in [-0.39, 0.29) is 17.2 Å². The van der Waals surface area contributed by atoms with Crippen LogP contribution >= 0.6 is 11.6 Å². The van der Waals surface area contributed by atoms with Gasteiger partial charge in [-0.2, -0.15) is 0 Å². The first kappa shape index (κ1) is 14.4. The predicted molar refractivity (Wildman–Crippen MR) is 76.9 cm³/mol. The molecule has 0 fully saturated rings. The number of carbonyl (C=O) groups excluding carboxylic acids is 1. The lowest BCUT2D eigenvalue weighted by molar-refractivity contribution is 0.0950. The number of phenolic OH excluding ortho intramolecular Hbond substituents is 1. The summed E-state index contributed by atoms with van der Waals surface area (Å²) in [7, 11) is 0. The summed E-state index contributed by atoms with van der Waals surface area (Å²) < 4.78 is 1.99. The third-order valence-corrected chi connectivity index (χ3v) is 3.13. The van der Waals surface area contributed by atoms with Gasteiger partial charge < -0.3 is 15.0 Å². The second-order valence-corrected chi connectivity index (χ2v) is 4.86. The minimum atomic E-state index is -0.290. The van der Waals surface area contributed by atoms with Crippen molar-refractivity contribution in [3.63, 3.8) is 0 Å². The van der Waals surface area contributed by atoms with E-state index in [4.69, 9.17) is 11.6 Å². The number of nitrogens with zero attached hydrogens (tertiary/aromatic N) is 2. The Morgan fingerprint density at radius 3 is 2.95 bits per heavy atom. The Kier molecular flexibility index (Phi) is 5.01. The number of halogens is 1. The van der Waals surface area contributed by atoms with Gasteiger partial charge in [0.1, 0.15) is 5.75 Å². The maximum Gasteiger partial charge on any atom is 0.255 e. The lowest BCUT2D eigenvalue weighted by Gasteiger charge is -2.07. The lowest BCUT2D eigenvalue weighted by atomic mass is 10.2. The molecule has 0 aliphatic rings. The molecule has 20 heavy (non-hydrogen) atoms. The van der Waals surface area contributed by atoms with Crippen LogP contribution in [-0.2, 0) is 6.54 Å². The molecule has 1 aromatic heterocycles. The highest BCUT2D eigenvalue weighted by Gasteiger charge is 2.10. The van der Waals surface area contributed by atoms with E-state index in [1.165, 1.54) is 12.1 Å². The van der Waals surface area contributed by atoms with E-state index in [0.29, 0.717) is 11.6 Å². The summed E-state index contributed by atoms with van der Waals surface area (Å²) in [5.41, 5.74) is 0.240. The van der Waals surface area contributed by atoms with Crippen molar-refractivity contribution in [3.05, 3.63) is 47.5 Å². The molecule has 0 saturated carbocycles. The van der Waals surface area contributed by atoms with Crippen LogP contribution in [0.25, 0.3) is 0 Å². The Balaban J connectivity index is 1.72. The average Bonchev–Trinajstić information content (AvgIpc) is 2.91. The Morgan fingerprint density at radius 2 is 2.25 bits per heavy atom. The number of rotatable bonds is 6. The van der Waals surface area contributed by atoms with Crippen LogP contribution in [0.15, 0.2) is 36.9 Å². The molecule has 0 unspecified atom stereocenters. The van der Waals surface area contributed by atoms with Gasteiger partial charge in [0.25, 0.3) is 5.91 Å². The molecule has 106 valence electrons. The minimum absolute atomic E-state index is 0.103. The molecule has 6 heteroatoms. The molecule has 0 aliphatic carbocycles. The standard InChI is InChI=1S/C14H16ClN3O2/c15-11-3-4-12(13(19)9-11)14(20)17-5-1-2-7-18-8-6-16-10-18/h3-4,6,8-10,19H,1-2,5,7H2,(H,17,20). The SMILES string of the molecule is O=C(NCCCCn1ccnc1)c1ccc(Cl)cc1O. The van der Waals surface area contributed by atoms with Gasteiger partial charge in [0, 0.05) is 30.5 Å². The first-order valence-electron chi connectivity index (χ1n) is 6.39. The number of hydrogen-bond donors (Lipinski definition) is 2. The van der Waals surface area contributed by atoms with E-state index in [9.17, 15) is 9.90 Å². The summed E-state index contributed by atoms with van der Waals surface area (Å²) in [5.74, 6) is -0.393. The van der Waals surface area contributed by atoms with E-state index in [0.717, 1.165) is 19.4 Å². The van der Waals surface area contributed by atoms with Crippen molar-refractivity contribution in [3.8, 4) is 5.75 Å². The molecule has 1 aromatic carbocycles. The van der Waals surface area contributed by atoms with Crippen LogP contribution in [0.2, 0.25) is 5.02 Å². The number of aromatic hydroxyl groups is 1. The first-order chi connectivity index (χ1) is 9.66. The Bertz CT molecular complexity index is 570. The second-order valence-electron chi connectivity index (χ2n) is 4.42. The van der Waals surface area contributed by atoms with Gasteiger partial charge in [-0.05, 0) is 31.0 Å². The molecule has 5 nitrogen and oxygen atoms in total. The van der Waals surface area contributed by atoms with E-state index < -0.39 is 0 Å². The number of aromatic nitrogens is 2. The summed E-state index contributed by atoms with van der Waals surface area (Å²) in [6.45, 7) is 1.44. The zero-order chi connectivity index (χ0) is 14.4. The Morgan fingerprint density at radius 1 is 1.40 bits per heavy atom. The van der Waals surface area contributed by atoms with Gasteiger partial charge in [-0.3, -0.25) is 4.79 Å². The van der Waals surface area contributed by atoms with Gasteiger partial charge in [-0.25, -0.2) is 4.98 Å². The third-order valence-electron chi connectivity index (χ3n) is 2.89. The van der Waals surface area contributed by atoms with Crippen LogP contribution in [0.5, 0.6) is 5.75 Å². The van der Waals surface area contributed by atoms with Crippen LogP contribution in [0.3, 0.4) is 0 Å². The smallest absolute Gasteiger partial charge is 0.255 e. The molecular formula is C14H16ClN3O2. The normalized spacial score (nSPS) is 10.4. The second kappa shape index (κ2) is 6.96. The van der Waals surface area contributed by atoms with Crippen molar-refractivity contribution in [2.75, 3.05) is 6.54 Å². The molecular weight excluding hydrogens is 278 g/mol. The van der Waals surface area contributed by atoms with Gasteiger partial charge in [-0.1, -0.05) is 11.6 Å². The maximum absolute atomic E-state index is 11.8. The van der Waals surface area contributed by atoms with Crippen molar-refractivity contribution < 1.29 is 9.90 Å². The topological polar surface area (TPSA) is 67.2 Å². The van der Waals surface area contributed by atoms with Crippen LogP contribution in [-0.4, -0.2) is 27.1 Å². The van der Waals surface area contributed by atoms with Gasteiger partial charge in [0.05, 0.1) is 11.9 Å². The molecule has 0 bridgehead atoms. The van der Waals surface area contributed by atoms with Gasteiger partial charge >= 0.3 is 0 Å². The fourth-order valence-electron chi connectivity index (χ4n) is 1.83. The van der Waals surface area contributed by atoms with Gasteiger partial charge in [-0.15, -0.1) is 0 Å². The van der Waals surface area contributed by atoms with Crippen molar-refractivity contribution in [2.45, 2.75) is 19.4 Å². The molecule has 1 amide bonds. The molecule has 1 heterocycles. The molecule has 0 saturated heterocycles. The fraction of sp³-hybridized carbons (Fsp3) is 0.286. The number of hydrogen-bond acceptors (Lipinski definition) is 3. The number of benzene rings is 1. The molecule has 2 rings (SSSR count). The largest absolute Gasteiger partial charge is 0.507 e. The number of nitrogens with one attached hydrogen (secondary N) is 1. The summed E-state index contributed by atoms with van der Waals surface area (Å²) in [6.07, 6.45) is 7.22. The van der Waals surface area contributed by atoms with E-state index in [2.05, 4.69) is 10.3 Å². The van der Waals surface area contributed by atoms with Crippen LogP contribution in [0.1, 0.15) is 23.2 Å². The highest BCUT2D eigenvalue weighted by Crippen LogP contribution is 2.21. The molecule has 2 N–H and O–H groups in total. The third kappa shape index (κ3) is 3.99. The van der Waals surface area contributed by atoms with E-state index in [1.807, 2.05) is 10.8 Å². The number of aryl methyl sites for hydroxylation is 1. The first-order valence-corrected chi connectivity index (χ1v) is 6.77. The van der Waals surface area contributed by atoms with Crippen molar-refractivity contribution in [1.82, 2.24) is 14.9 Å². The fourth-order valence-corrected chi connectivity index (χ4v) is 2.00. The minimum Gasteiger partial charge on any atom is -0.507 e. The number of imidazole rings is 1. The van der Waals surface area contributed by atoms with Crippen LogP contribution in [0.4, 0.5) is 0 Å². The Hall–Kier alpha value is -2.01. The van der Waals surface area contributed by atoms with E-state index >= 15 is 0 Å². The van der Waals surface area contributed by atoms with Crippen LogP contribution < -0.4 is 5.32 Å². The summed E-state index contributed by atoms with van der Waals surface area (Å²) in [4.78, 5) is 15.8. The van der Waals surface area contributed by atoms with Gasteiger partial charge in [0.15, 0.2) is 0 Å². The number of carbonyl (C=O) groups is 1. The molecule has 2 aromatic rings. The molecule has 0 spiro atoms. The zero-order valence-electron chi connectivity index (χ0n) is 10.9. The van der Waals surface area contributed by atoms with E-state index in [1.54, 1.807) is 18.6 Å². The van der Waals surface area contributed by atoms with Crippen molar-refractivity contribution >= 4 is 17.5 Å². The quantitative estimate of drug-likeness (QED) is 0.804. The average molecular weight is 294 g/mol. The van der Waals surface area contributed by atoms with Gasteiger partial charge in [0.2, 0.25) is 0 Å². The molecule has 0 radical (unpaired) electrons. The summed E-state index contributed by atoms with van der Waals surface area (Å²) in [5, 5.41) is 12.8. The Labute approximate surface area is 122 Å². The highest BCUT2D eigenvalue weighted by atomic mass is 35.5. The lowest BCUT2D eigenvalue weighted by Crippen LogP contribution is -2.24. The zero-order valence-corrected chi connectivity index (χ0v) is 11.7. The highest BCUT2D eigenvalue weighted by molar-refractivity contribution is 6.30. The predicted octanol–water partition coefficient (Wildman–Crippen LogP) is 2.45. The number of unbranched alkanes of at least 4 members (excludes halogenated alkanes) is 1. The van der Waals surface area contributed by atoms with Crippen LogP contribution in [0, 0.1) is 0 Å². The maximum atomic E-state index is 11.8. The van der Waals surface area contributed by atoms with Crippen molar-refractivity contribution in [2.24, 2.45) is 0 Å². The summed E-state index contributed by atoms with van der Waals surface area (Å²) >= 11 is 5.72. The number of amides is 1. The summed E-state index contributed by atoms with van der Waals surface area (Å²) in [6, 6.07) is 4.45. The number of phenols is 1. The monoisotopic (exact) mass is 293 g/mol. The van der Waals surface area contributed by atoms with Crippen molar-refractivity contribution in [1.29, 1.82) is 0 Å². The molecule has 0 atom stereocenters.